The molecule has 0 spiro atoms. The van der Waals surface area contributed by atoms with Crippen molar-refractivity contribution in [1.82, 2.24) is 19.8 Å². The molecule has 0 amide bonds. The summed E-state index contributed by atoms with van der Waals surface area (Å²) in [5, 5.41) is 57.0. The number of aliphatic hydroxyl groups excluding tert-OH is 5. The molecule has 1 heterocycles. The van der Waals surface area contributed by atoms with Gasteiger partial charge in [-0.05, 0) is 23.3 Å². The summed E-state index contributed by atoms with van der Waals surface area (Å²) in [7, 11) is 0. The molecule has 0 aliphatic heterocycles. The van der Waals surface area contributed by atoms with Gasteiger partial charge in [-0.3, -0.25) is 0 Å². The Morgan fingerprint density at radius 1 is 0.587 bits per heavy atom. The van der Waals surface area contributed by atoms with Crippen molar-refractivity contribution in [1.29, 1.82) is 0 Å². The highest BCUT2D eigenvalue weighted by Crippen LogP contribution is 2.17. The molecule has 272 valence electrons. The van der Waals surface area contributed by atoms with Gasteiger partial charge in [-0.2, -0.15) is 9.36 Å². The molecule has 0 bridgehead atoms. The fourth-order valence-corrected chi connectivity index (χ4v) is 5.86. The third kappa shape index (κ3) is 19.5. The summed E-state index contributed by atoms with van der Waals surface area (Å²) in [5.41, 5.74) is -0.504. The molecule has 11 nitrogen and oxygen atoms in total. The van der Waals surface area contributed by atoms with Crippen LogP contribution in [0.5, 0.6) is 0 Å². The molecule has 5 atom stereocenters. The zero-order chi connectivity index (χ0) is 33.8. The summed E-state index contributed by atoms with van der Waals surface area (Å²) < 4.78 is 7.67. The van der Waals surface area contributed by atoms with E-state index >= 15 is 0 Å². The molecule has 0 saturated carbocycles. The Labute approximate surface area is 278 Å². The minimum atomic E-state index is -1.37. The summed E-state index contributed by atoms with van der Waals surface area (Å²) in [6.45, 7) is 3.20. The van der Waals surface area contributed by atoms with Crippen LogP contribution in [0.1, 0.15) is 168 Å². The molecule has 5 N–H and O–H groups in total. The summed E-state index contributed by atoms with van der Waals surface area (Å²) >= 11 is 0. The first-order valence-corrected chi connectivity index (χ1v) is 18.8. The average Bonchev–Trinajstić information content (AvgIpc) is 3.43. The smallest absolute Gasteiger partial charge is 0.364 e. The Morgan fingerprint density at radius 3 is 1.43 bits per heavy atom. The maximum Gasteiger partial charge on any atom is 0.364 e. The molecule has 0 saturated heterocycles. The number of unbranched alkanes of at least 4 members (excludes halogenated alkanes) is 21. The largest absolute Gasteiger partial charge is 0.394 e. The summed E-state index contributed by atoms with van der Waals surface area (Å²) in [5.74, 6) is 0. The number of aromatic nitrogens is 4. The van der Waals surface area contributed by atoms with Gasteiger partial charge < -0.3 is 30.3 Å². The Balaban J connectivity index is 2.13. The molecular weight excluding hydrogens is 588 g/mol. The third-order valence-electron chi connectivity index (χ3n) is 9.11. The fourth-order valence-electron chi connectivity index (χ4n) is 5.86. The van der Waals surface area contributed by atoms with E-state index in [-0.39, 0.29) is 19.6 Å². The fraction of sp³-hybridized carbons (Fsp3) is 0.971. The van der Waals surface area contributed by atoms with E-state index in [1.165, 1.54) is 127 Å². The van der Waals surface area contributed by atoms with Crippen molar-refractivity contribution >= 4 is 0 Å². The van der Waals surface area contributed by atoms with Crippen molar-refractivity contribution in [3.63, 3.8) is 0 Å². The molecule has 1 aromatic heterocycles. The first-order valence-electron chi connectivity index (χ1n) is 18.8. The number of ether oxygens (including phenoxy) is 1. The van der Waals surface area contributed by atoms with Crippen LogP contribution in [0.2, 0.25) is 0 Å². The highest BCUT2D eigenvalue weighted by atomic mass is 16.5. The van der Waals surface area contributed by atoms with Gasteiger partial charge in [0.15, 0.2) is 0 Å². The highest BCUT2D eigenvalue weighted by Gasteiger charge is 2.31. The highest BCUT2D eigenvalue weighted by molar-refractivity contribution is 4.81. The molecule has 1 aromatic rings. The van der Waals surface area contributed by atoms with Gasteiger partial charge in [0.05, 0.1) is 25.9 Å². The van der Waals surface area contributed by atoms with Crippen LogP contribution in [-0.2, 0) is 11.3 Å². The van der Waals surface area contributed by atoms with Gasteiger partial charge in [0.2, 0.25) is 0 Å². The number of aryl methyl sites for hydroxylation is 1. The van der Waals surface area contributed by atoms with Crippen LogP contribution in [0.25, 0.3) is 0 Å². The number of nitrogens with zero attached hydrogens (tertiary/aromatic N) is 4. The number of aliphatic hydroxyl groups is 5. The Bertz CT molecular complexity index is 868. The molecule has 0 fully saturated rings. The van der Waals surface area contributed by atoms with Gasteiger partial charge in [0.1, 0.15) is 24.4 Å². The van der Waals surface area contributed by atoms with Gasteiger partial charge in [0.25, 0.3) is 0 Å². The number of tetrazole rings is 1. The minimum absolute atomic E-state index is 0.245. The van der Waals surface area contributed by atoms with Crippen molar-refractivity contribution in [3.05, 3.63) is 10.5 Å². The van der Waals surface area contributed by atoms with Gasteiger partial charge in [-0.15, -0.1) is 0 Å². The second kappa shape index (κ2) is 28.6. The van der Waals surface area contributed by atoms with Crippen LogP contribution in [-0.4, -0.2) is 89.6 Å². The second-order valence-corrected chi connectivity index (χ2v) is 13.2. The van der Waals surface area contributed by atoms with E-state index in [9.17, 15) is 25.2 Å². The molecule has 0 unspecified atom stereocenters. The van der Waals surface area contributed by atoms with Crippen LogP contribution in [0.15, 0.2) is 4.79 Å². The predicted octanol–water partition coefficient (Wildman–Crippen LogP) is 5.45. The van der Waals surface area contributed by atoms with E-state index in [2.05, 4.69) is 17.4 Å². The Morgan fingerprint density at radius 2 is 1.02 bits per heavy atom. The zero-order valence-electron chi connectivity index (χ0n) is 29.3. The average molecular weight is 659 g/mol. The van der Waals surface area contributed by atoms with Crippen molar-refractivity contribution in [2.75, 3.05) is 19.8 Å². The molecule has 0 radical (unpaired) electrons. The van der Waals surface area contributed by atoms with Crippen molar-refractivity contribution in [2.24, 2.45) is 0 Å². The first-order chi connectivity index (χ1) is 22.4. The van der Waals surface area contributed by atoms with E-state index in [1.807, 2.05) is 0 Å². The van der Waals surface area contributed by atoms with E-state index in [4.69, 9.17) is 9.84 Å². The van der Waals surface area contributed by atoms with Crippen LogP contribution >= 0.6 is 0 Å². The minimum Gasteiger partial charge on any atom is -0.394 e. The maximum atomic E-state index is 13.0. The van der Waals surface area contributed by atoms with Gasteiger partial charge >= 0.3 is 5.69 Å². The summed E-state index contributed by atoms with van der Waals surface area (Å²) in [6, 6.07) is -1.03. The Hall–Kier alpha value is -1.37. The van der Waals surface area contributed by atoms with Crippen LogP contribution in [0.3, 0.4) is 0 Å². The quantitative estimate of drug-likeness (QED) is 0.0619. The van der Waals surface area contributed by atoms with Crippen molar-refractivity contribution < 1.29 is 30.3 Å². The lowest BCUT2D eigenvalue weighted by atomic mass is 10.0. The third-order valence-corrected chi connectivity index (χ3v) is 9.11. The van der Waals surface area contributed by atoms with Gasteiger partial charge in [0, 0.05) is 6.54 Å². The molecule has 46 heavy (non-hydrogen) atoms. The monoisotopic (exact) mass is 659 g/mol. The maximum absolute atomic E-state index is 13.0. The van der Waals surface area contributed by atoms with E-state index < -0.39 is 42.8 Å². The number of hydrogen-bond donors (Lipinski definition) is 5. The van der Waals surface area contributed by atoms with Crippen LogP contribution in [0.4, 0.5) is 0 Å². The molecule has 11 heteroatoms. The standard InChI is InChI=1S/C35H70N4O7/c1-3-5-6-7-8-9-10-11-12-13-14-15-16-17-18-19-20-21-22-23-24-25-26-38-35(45)39(37-36-38)30(34(44)31(41)4-2)28-46-29-33(43)32(42)27-40/h30-34,40-44H,3-29H2,1-2H3/t30-,31+,32-,33-,34-/m0/s1. The van der Waals surface area contributed by atoms with E-state index in [1.54, 1.807) is 6.92 Å². The molecular formula is C35H70N4O7. The van der Waals surface area contributed by atoms with Gasteiger partial charge in [-0.25, -0.2) is 4.79 Å². The topological polar surface area (TPSA) is 163 Å². The first kappa shape index (κ1) is 42.7. The lowest BCUT2D eigenvalue weighted by molar-refractivity contribution is -0.0808. The zero-order valence-corrected chi connectivity index (χ0v) is 29.3. The van der Waals surface area contributed by atoms with Crippen molar-refractivity contribution in [2.45, 2.75) is 199 Å². The Kier molecular flexibility index (Phi) is 26.5. The van der Waals surface area contributed by atoms with Gasteiger partial charge in [-0.1, -0.05) is 149 Å². The predicted molar refractivity (Wildman–Crippen MR) is 183 cm³/mol. The van der Waals surface area contributed by atoms with Crippen molar-refractivity contribution in [3.8, 4) is 0 Å². The molecule has 0 aromatic carbocycles. The SMILES string of the molecule is CCCCCCCCCCCCCCCCCCCCCCCCn1nnn([C@@H](COC[C@H](O)[C@@H](O)CO)[C@H](O)[C@H](O)CC)c1=O. The van der Waals surface area contributed by atoms with Crippen LogP contribution in [0, 0.1) is 0 Å². The molecule has 1 rings (SSSR count). The van der Waals surface area contributed by atoms with E-state index in [0.717, 1.165) is 23.9 Å². The number of rotatable bonds is 33. The van der Waals surface area contributed by atoms with Crippen LogP contribution < -0.4 is 5.69 Å². The molecule has 0 aliphatic rings. The summed E-state index contributed by atoms with van der Waals surface area (Å²) in [4.78, 5) is 13.0. The second-order valence-electron chi connectivity index (χ2n) is 13.2. The van der Waals surface area contributed by atoms with E-state index in [0.29, 0.717) is 6.54 Å². The lowest BCUT2D eigenvalue weighted by Gasteiger charge is -2.26. The lowest BCUT2D eigenvalue weighted by Crippen LogP contribution is -2.43. The summed E-state index contributed by atoms with van der Waals surface area (Å²) in [6.07, 6.45) is 24.1. The number of hydrogen-bond acceptors (Lipinski definition) is 9. The normalized spacial score (nSPS) is 15.2. The molecule has 0 aliphatic carbocycles.